The second-order valence-electron chi connectivity index (χ2n) is 2.98. The summed E-state index contributed by atoms with van der Waals surface area (Å²) in [6, 6.07) is 9.45. The van der Waals surface area contributed by atoms with Gasteiger partial charge in [0, 0.05) is 10.0 Å². The van der Waals surface area contributed by atoms with Crippen molar-refractivity contribution in [3.8, 4) is 11.1 Å². The molecule has 0 fully saturated rings. The Morgan fingerprint density at radius 2 is 2.13 bits per heavy atom. The van der Waals surface area contributed by atoms with Gasteiger partial charge in [-0.2, -0.15) is 0 Å². The molecule has 0 saturated heterocycles. The van der Waals surface area contributed by atoms with E-state index in [0.717, 1.165) is 15.6 Å². The van der Waals surface area contributed by atoms with E-state index in [9.17, 15) is 4.79 Å². The first-order valence-corrected chi connectivity index (χ1v) is 5.92. The molecule has 0 spiro atoms. The van der Waals surface area contributed by atoms with Crippen LogP contribution in [0, 0.1) is 0 Å². The Kier molecular flexibility index (Phi) is 2.88. The standard InChI is InChI=1S/C11H7BrO2S/c12-8-3-1-2-7(6-8)9-4-5-15-10(9)11(13)14/h1-6H,(H,13,14). The highest BCUT2D eigenvalue weighted by molar-refractivity contribution is 9.10. The molecule has 1 N–H and O–H groups in total. The van der Waals surface area contributed by atoms with E-state index < -0.39 is 5.97 Å². The van der Waals surface area contributed by atoms with Crippen LogP contribution in [0.25, 0.3) is 11.1 Å². The summed E-state index contributed by atoms with van der Waals surface area (Å²) in [5, 5.41) is 10.8. The highest BCUT2D eigenvalue weighted by atomic mass is 79.9. The lowest BCUT2D eigenvalue weighted by Crippen LogP contribution is -1.94. The van der Waals surface area contributed by atoms with Crippen molar-refractivity contribution in [2.45, 2.75) is 0 Å². The Morgan fingerprint density at radius 3 is 2.80 bits per heavy atom. The van der Waals surface area contributed by atoms with Crippen LogP contribution < -0.4 is 0 Å². The zero-order chi connectivity index (χ0) is 10.8. The first-order valence-electron chi connectivity index (χ1n) is 4.25. The molecule has 0 radical (unpaired) electrons. The van der Waals surface area contributed by atoms with Crippen molar-refractivity contribution in [1.29, 1.82) is 0 Å². The number of rotatable bonds is 2. The topological polar surface area (TPSA) is 37.3 Å². The largest absolute Gasteiger partial charge is 0.477 e. The lowest BCUT2D eigenvalue weighted by molar-refractivity contribution is 0.0703. The molecule has 0 saturated carbocycles. The maximum atomic E-state index is 10.9. The molecule has 2 rings (SSSR count). The van der Waals surface area contributed by atoms with E-state index in [2.05, 4.69) is 15.9 Å². The molecule has 1 aromatic heterocycles. The average molecular weight is 283 g/mol. The minimum atomic E-state index is -0.875. The second-order valence-corrected chi connectivity index (χ2v) is 4.81. The zero-order valence-electron chi connectivity index (χ0n) is 7.61. The van der Waals surface area contributed by atoms with Crippen molar-refractivity contribution in [2.75, 3.05) is 0 Å². The summed E-state index contributed by atoms with van der Waals surface area (Å²) in [7, 11) is 0. The molecule has 1 heterocycles. The SMILES string of the molecule is O=C(O)c1sccc1-c1cccc(Br)c1. The highest BCUT2D eigenvalue weighted by Gasteiger charge is 2.12. The van der Waals surface area contributed by atoms with Crippen molar-refractivity contribution in [3.63, 3.8) is 0 Å². The summed E-state index contributed by atoms with van der Waals surface area (Å²) >= 11 is 4.61. The fraction of sp³-hybridized carbons (Fsp3) is 0. The van der Waals surface area contributed by atoms with Crippen LogP contribution in [0.15, 0.2) is 40.2 Å². The summed E-state index contributed by atoms with van der Waals surface area (Å²) in [5.41, 5.74) is 1.69. The molecule has 0 atom stereocenters. The Labute approximate surface area is 99.3 Å². The first-order chi connectivity index (χ1) is 7.18. The molecule has 4 heteroatoms. The van der Waals surface area contributed by atoms with Crippen molar-refractivity contribution in [3.05, 3.63) is 45.1 Å². The molecule has 76 valence electrons. The summed E-state index contributed by atoms with van der Waals surface area (Å²) in [5.74, 6) is -0.875. The van der Waals surface area contributed by atoms with Crippen molar-refractivity contribution in [1.82, 2.24) is 0 Å². The van der Waals surface area contributed by atoms with Gasteiger partial charge in [-0.1, -0.05) is 28.1 Å². The number of hydrogen-bond donors (Lipinski definition) is 1. The van der Waals surface area contributed by atoms with Gasteiger partial charge in [-0.15, -0.1) is 11.3 Å². The van der Waals surface area contributed by atoms with Crippen molar-refractivity contribution < 1.29 is 9.90 Å². The predicted octanol–water partition coefficient (Wildman–Crippen LogP) is 3.88. The van der Waals surface area contributed by atoms with Gasteiger partial charge in [0.25, 0.3) is 0 Å². The minimum Gasteiger partial charge on any atom is -0.477 e. The minimum absolute atomic E-state index is 0.383. The van der Waals surface area contributed by atoms with Gasteiger partial charge in [-0.05, 0) is 29.1 Å². The van der Waals surface area contributed by atoms with Gasteiger partial charge in [0.15, 0.2) is 0 Å². The summed E-state index contributed by atoms with van der Waals surface area (Å²) in [4.78, 5) is 11.3. The molecule has 0 bridgehead atoms. The zero-order valence-corrected chi connectivity index (χ0v) is 10.0. The molecule has 0 aliphatic heterocycles. The van der Waals surface area contributed by atoms with Crippen LogP contribution in [-0.4, -0.2) is 11.1 Å². The Hall–Kier alpha value is -1.13. The van der Waals surface area contributed by atoms with Gasteiger partial charge in [0.05, 0.1) is 0 Å². The van der Waals surface area contributed by atoms with Crippen LogP contribution >= 0.6 is 27.3 Å². The van der Waals surface area contributed by atoms with E-state index in [1.807, 2.05) is 30.3 Å². The number of halogens is 1. The average Bonchev–Trinajstić information content (AvgIpc) is 2.65. The summed E-state index contributed by atoms with van der Waals surface area (Å²) < 4.78 is 0.947. The van der Waals surface area contributed by atoms with Gasteiger partial charge in [0.2, 0.25) is 0 Å². The molecule has 0 aliphatic carbocycles. The fourth-order valence-corrected chi connectivity index (χ4v) is 2.51. The predicted molar refractivity (Wildman–Crippen MR) is 64.4 cm³/mol. The van der Waals surface area contributed by atoms with Gasteiger partial charge >= 0.3 is 5.97 Å². The van der Waals surface area contributed by atoms with E-state index in [-0.39, 0.29) is 0 Å². The number of carboxylic acid groups (broad SMARTS) is 1. The van der Waals surface area contributed by atoms with E-state index in [0.29, 0.717) is 4.88 Å². The quantitative estimate of drug-likeness (QED) is 0.908. The summed E-state index contributed by atoms with van der Waals surface area (Å²) in [6.07, 6.45) is 0. The van der Waals surface area contributed by atoms with Crippen LogP contribution in [0.5, 0.6) is 0 Å². The smallest absolute Gasteiger partial charge is 0.346 e. The van der Waals surface area contributed by atoms with Crippen molar-refractivity contribution >= 4 is 33.2 Å². The number of hydrogen-bond acceptors (Lipinski definition) is 2. The van der Waals surface area contributed by atoms with Crippen LogP contribution in [0.1, 0.15) is 9.67 Å². The molecular weight excluding hydrogens is 276 g/mol. The number of aromatic carboxylic acids is 1. The maximum absolute atomic E-state index is 10.9. The molecule has 2 aromatic rings. The highest BCUT2D eigenvalue weighted by Crippen LogP contribution is 2.29. The third-order valence-corrected chi connectivity index (χ3v) is 3.39. The number of thiophene rings is 1. The normalized spacial score (nSPS) is 10.2. The molecule has 0 aliphatic rings. The molecule has 15 heavy (non-hydrogen) atoms. The van der Waals surface area contributed by atoms with Gasteiger partial charge in [0.1, 0.15) is 4.88 Å². The molecule has 0 amide bonds. The van der Waals surface area contributed by atoms with E-state index >= 15 is 0 Å². The van der Waals surface area contributed by atoms with Crippen LogP contribution in [0.3, 0.4) is 0 Å². The monoisotopic (exact) mass is 282 g/mol. The van der Waals surface area contributed by atoms with Gasteiger partial charge in [-0.3, -0.25) is 0 Å². The van der Waals surface area contributed by atoms with Gasteiger partial charge in [-0.25, -0.2) is 4.79 Å². The van der Waals surface area contributed by atoms with Crippen LogP contribution in [-0.2, 0) is 0 Å². The Balaban J connectivity index is 2.54. The van der Waals surface area contributed by atoms with Crippen LogP contribution in [0.4, 0.5) is 0 Å². The van der Waals surface area contributed by atoms with Crippen LogP contribution in [0.2, 0.25) is 0 Å². The van der Waals surface area contributed by atoms with E-state index in [1.54, 1.807) is 5.38 Å². The number of benzene rings is 1. The molecule has 0 unspecified atom stereocenters. The third-order valence-electron chi connectivity index (χ3n) is 2.00. The first kappa shape index (κ1) is 10.4. The fourth-order valence-electron chi connectivity index (χ4n) is 1.36. The third kappa shape index (κ3) is 2.11. The van der Waals surface area contributed by atoms with Gasteiger partial charge < -0.3 is 5.11 Å². The maximum Gasteiger partial charge on any atom is 0.346 e. The lowest BCUT2D eigenvalue weighted by atomic mass is 10.1. The second kappa shape index (κ2) is 4.16. The molecule has 1 aromatic carbocycles. The number of carbonyl (C=O) groups is 1. The Morgan fingerprint density at radius 1 is 1.33 bits per heavy atom. The lowest BCUT2D eigenvalue weighted by Gasteiger charge is -2.00. The van der Waals surface area contributed by atoms with E-state index in [1.165, 1.54) is 11.3 Å². The van der Waals surface area contributed by atoms with E-state index in [4.69, 9.17) is 5.11 Å². The molecule has 2 nitrogen and oxygen atoms in total. The molecular formula is C11H7BrO2S. The Bertz CT molecular complexity index is 505. The summed E-state index contributed by atoms with van der Waals surface area (Å²) in [6.45, 7) is 0. The van der Waals surface area contributed by atoms with Crippen molar-refractivity contribution in [2.24, 2.45) is 0 Å². The number of carboxylic acids is 1.